The van der Waals surface area contributed by atoms with E-state index < -0.39 is 0 Å². The molecule has 5 heterocycles. The normalized spacial score (nSPS) is 12.1. The van der Waals surface area contributed by atoms with Crippen LogP contribution >= 0.6 is 11.3 Å². The second kappa shape index (κ2) is 13.6. The summed E-state index contributed by atoms with van der Waals surface area (Å²) in [4.78, 5) is 15.6. The molecule has 0 spiro atoms. The van der Waals surface area contributed by atoms with Crippen molar-refractivity contribution in [1.82, 2.24) is 19.5 Å². The summed E-state index contributed by atoms with van der Waals surface area (Å²) in [7, 11) is 0. The smallest absolute Gasteiger partial charge is 0.164 e. The highest BCUT2D eigenvalue weighted by Gasteiger charge is 2.21. The number of benzene rings is 9. The molecular weight excluding hydrogens is 805 g/mol. The quantitative estimate of drug-likeness (QED) is 0.173. The molecule has 0 amide bonds. The van der Waals surface area contributed by atoms with E-state index in [1.54, 1.807) is 11.3 Å². The SMILES string of the molecule is c1ccc(-c2nc(-c3cccc4oc5ccccc5c34)nc(-c3cccc4sc5cc(-c6cccc7oc8cc(-n9c%10ccccc%10c%10ccccc%109)ccc8c67)ccc5c34)n2)cc1. The maximum Gasteiger partial charge on any atom is 0.164 e. The average Bonchev–Trinajstić information content (AvgIpc) is 4.12. The van der Waals surface area contributed by atoms with Crippen molar-refractivity contribution in [2.75, 3.05) is 0 Å². The van der Waals surface area contributed by atoms with Gasteiger partial charge in [-0.15, -0.1) is 11.3 Å². The van der Waals surface area contributed by atoms with Crippen LogP contribution in [-0.4, -0.2) is 19.5 Å². The number of aromatic nitrogens is 4. The maximum atomic E-state index is 6.67. The molecule has 0 aliphatic carbocycles. The van der Waals surface area contributed by atoms with Gasteiger partial charge in [-0.1, -0.05) is 133 Å². The van der Waals surface area contributed by atoms with Gasteiger partial charge in [0.2, 0.25) is 0 Å². The van der Waals surface area contributed by atoms with Crippen molar-refractivity contribution in [1.29, 1.82) is 0 Å². The van der Waals surface area contributed by atoms with Crippen LogP contribution in [-0.2, 0) is 0 Å². The minimum absolute atomic E-state index is 0.599. The molecule has 0 fully saturated rings. The summed E-state index contributed by atoms with van der Waals surface area (Å²) in [6.45, 7) is 0. The van der Waals surface area contributed by atoms with Crippen LogP contribution in [0.1, 0.15) is 0 Å². The zero-order valence-corrected chi connectivity index (χ0v) is 34.8. The fourth-order valence-corrected chi connectivity index (χ4v) is 11.0. The van der Waals surface area contributed by atoms with Crippen molar-refractivity contribution in [2.24, 2.45) is 0 Å². The summed E-state index contributed by atoms with van der Waals surface area (Å²) < 4.78 is 17.6. The standard InChI is InChI=1S/C57H32N4O2S/c1-2-13-33(14-3-1)55-58-56(42-19-11-25-48-53(42)39-17-6-9-23-46(39)62-48)60-57(59-55)43-20-12-26-50-54(43)41-29-27-34(31-51(41)64-50)36-18-10-24-47-52(36)40-30-28-35(32-49(40)63-47)61-44-21-7-4-15-37(44)38-16-5-8-22-45(38)61/h1-32H. The third kappa shape index (κ3) is 5.22. The monoisotopic (exact) mass is 836 g/mol. The lowest BCUT2D eigenvalue weighted by Crippen LogP contribution is -2.00. The van der Waals surface area contributed by atoms with E-state index in [1.807, 2.05) is 60.7 Å². The lowest BCUT2D eigenvalue weighted by molar-refractivity contribution is 0.668. The summed E-state index contributed by atoms with van der Waals surface area (Å²) >= 11 is 1.79. The number of fused-ring (bicyclic) bond motifs is 12. The summed E-state index contributed by atoms with van der Waals surface area (Å²) in [5.74, 6) is 1.84. The van der Waals surface area contributed by atoms with Gasteiger partial charge in [0.15, 0.2) is 17.5 Å². The Morgan fingerprint density at radius 2 is 0.906 bits per heavy atom. The van der Waals surface area contributed by atoms with Gasteiger partial charge >= 0.3 is 0 Å². The molecule has 64 heavy (non-hydrogen) atoms. The largest absolute Gasteiger partial charge is 0.456 e. The Bertz CT molecular complexity index is 4160. The Balaban J connectivity index is 0.917. The van der Waals surface area contributed by atoms with Crippen molar-refractivity contribution in [3.05, 3.63) is 194 Å². The van der Waals surface area contributed by atoms with Crippen LogP contribution in [0.2, 0.25) is 0 Å². The van der Waals surface area contributed by atoms with Crippen LogP contribution in [0.4, 0.5) is 0 Å². The van der Waals surface area contributed by atoms with E-state index in [1.165, 1.54) is 31.2 Å². The predicted octanol–water partition coefficient (Wildman–Crippen LogP) is 15.8. The lowest BCUT2D eigenvalue weighted by Gasteiger charge is -2.10. The summed E-state index contributed by atoms with van der Waals surface area (Å²) in [6, 6.07) is 67.8. The Morgan fingerprint density at radius 1 is 0.344 bits per heavy atom. The second-order valence-corrected chi connectivity index (χ2v) is 17.4. The average molecular weight is 837 g/mol. The van der Waals surface area contributed by atoms with Crippen molar-refractivity contribution < 1.29 is 8.83 Å². The molecular formula is C57H32N4O2S. The molecule has 0 N–H and O–H groups in total. The molecule has 0 saturated carbocycles. The van der Waals surface area contributed by atoms with E-state index >= 15 is 0 Å². The van der Waals surface area contributed by atoms with Gasteiger partial charge < -0.3 is 13.4 Å². The summed E-state index contributed by atoms with van der Waals surface area (Å²) in [6.07, 6.45) is 0. The van der Waals surface area contributed by atoms with E-state index in [0.29, 0.717) is 17.5 Å². The Morgan fingerprint density at radius 3 is 1.67 bits per heavy atom. The van der Waals surface area contributed by atoms with Crippen molar-refractivity contribution in [3.8, 4) is 51.0 Å². The summed E-state index contributed by atoms with van der Waals surface area (Å²) in [5, 5.41) is 8.98. The number of hydrogen-bond donors (Lipinski definition) is 0. The minimum Gasteiger partial charge on any atom is -0.456 e. The molecule has 9 aromatic carbocycles. The highest BCUT2D eigenvalue weighted by Crippen LogP contribution is 2.44. The Hall–Kier alpha value is -8.39. The number of rotatable bonds is 5. The number of nitrogens with zero attached hydrogens (tertiary/aromatic N) is 4. The molecule has 0 atom stereocenters. The third-order valence-electron chi connectivity index (χ3n) is 12.7. The minimum atomic E-state index is 0.599. The van der Waals surface area contributed by atoms with Crippen molar-refractivity contribution in [2.45, 2.75) is 0 Å². The first-order valence-electron chi connectivity index (χ1n) is 21.3. The van der Waals surface area contributed by atoms with E-state index in [-0.39, 0.29) is 0 Å². The van der Waals surface area contributed by atoms with E-state index in [4.69, 9.17) is 23.8 Å². The van der Waals surface area contributed by atoms with E-state index in [9.17, 15) is 0 Å². The number of hydrogen-bond acceptors (Lipinski definition) is 6. The van der Waals surface area contributed by atoms with Gasteiger partial charge in [0.1, 0.15) is 22.3 Å². The first-order valence-corrected chi connectivity index (χ1v) is 22.2. The van der Waals surface area contributed by atoms with Crippen LogP contribution in [0.25, 0.3) is 137 Å². The van der Waals surface area contributed by atoms with Crippen molar-refractivity contribution >= 4 is 97.2 Å². The van der Waals surface area contributed by atoms with E-state index in [2.05, 4.69) is 138 Å². The molecule has 0 aliphatic rings. The number of thiophene rings is 1. The van der Waals surface area contributed by atoms with Gasteiger partial charge in [0.25, 0.3) is 0 Å². The van der Waals surface area contributed by atoms with Gasteiger partial charge in [-0.3, -0.25) is 0 Å². The van der Waals surface area contributed by atoms with Gasteiger partial charge in [-0.05, 0) is 65.7 Å². The van der Waals surface area contributed by atoms with Crippen LogP contribution in [0.3, 0.4) is 0 Å². The topological polar surface area (TPSA) is 69.9 Å². The highest BCUT2D eigenvalue weighted by molar-refractivity contribution is 7.26. The molecule has 7 heteroatoms. The maximum absolute atomic E-state index is 6.67. The zero-order valence-electron chi connectivity index (χ0n) is 34.0. The fraction of sp³-hybridized carbons (Fsp3) is 0. The molecule has 0 unspecified atom stereocenters. The van der Waals surface area contributed by atoms with Crippen LogP contribution in [0, 0.1) is 0 Å². The highest BCUT2D eigenvalue weighted by atomic mass is 32.1. The van der Waals surface area contributed by atoms with Crippen LogP contribution in [0.15, 0.2) is 203 Å². The number of furan rings is 2. The molecule has 0 saturated heterocycles. The van der Waals surface area contributed by atoms with Crippen LogP contribution in [0.5, 0.6) is 0 Å². The fourth-order valence-electron chi connectivity index (χ4n) is 9.87. The molecule has 14 aromatic rings. The number of para-hydroxylation sites is 3. The van der Waals surface area contributed by atoms with Gasteiger partial charge in [-0.25, -0.2) is 15.0 Å². The molecule has 0 aliphatic heterocycles. The van der Waals surface area contributed by atoms with Crippen molar-refractivity contribution in [3.63, 3.8) is 0 Å². The molecule has 6 nitrogen and oxygen atoms in total. The first-order chi connectivity index (χ1) is 31.7. The molecule has 0 bridgehead atoms. The summed E-state index contributed by atoms with van der Waals surface area (Å²) in [5.41, 5.74) is 11.8. The van der Waals surface area contributed by atoms with E-state index in [0.717, 1.165) is 88.2 Å². The Kier molecular flexibility index (Phi) is 7.46. The predicted molar refractivity (Wildman–Crippen MR) is 263 cm³/mol. The third-order valence-corrected chi connectivity index (χ3v) is 13.8. The van der Waals surface area contributed by atoms with Gasteiger partial charge in [0, 0.05) is 80.9 Å². The second-order valence-electron chi connectivity index (χ2n) is 16.3. The molecule has 0 radical (unpaired) electrons. The zero-order chi connectivity index (χ0) is 41.9. The molecule has 5 aromatic heterocycles. The Labute approximate surface area is 368 Å². The molecule has 14 rings (SSSR count). The van der Waals surface area contributed by atoms with Crippen LogP contribution < -0.4 is 0 Å². The molecule has 298 valence electrons. The van der Waals surface area contributed by atoms with Gasteiger partial charge in [-0.2, -0.15) is 0 Å². The lowest BCUT2D eigenvalue weighted by atomic mass is 9.97. The first kappa shape index (κ1) is 35.2. The van der Waals surface area contributed by atoms with Gasteiger partial charge in [0.05, 0.1) is 11.0 Å².